The van der Waals surface area contributed by atoms with Crippen LogP contribution in [0, 0.1) is 5.41 Å². The lowest BCUT2D eigenvalue weighted by Crippen LogP contribution is -2.46. The molecule has 0 spiro atoms. The fraction of sp³-hybridized carbons (Fsp3) is 1.00. The van der Waals surface area contributed by atoms with E-state index in [4.69, 9.17) is 0 Å². The predicted molar refractivity (Wildman–Crippen MR) is 69.6 cm³/mol. The lowest BCUT2D eigenvalue weighted by molar-refractivity contribution is -0.153. The number of rotatable bonds is 7. The Hall–Kier alpha value is 0.100. The Morgan fingerprint density at radius 1 is 1.06 bits per heavy atom. The van der Waals surface area contributed by atoms with Crippen molar-refractivity contribution in [1.82, 2.24) is 4.90 Å². The van der Waals surface area contributed by atoms with Gasteiger partial charge in [-0.2, -0.15) is 25.8 Å². The first-order valence-corrected chi connectivity index (χ1v) is 6.74. The Morgan fingerprint density at radius 2 is 1.53 bits per heavy atom. The van der Waals surface area contributed by atoms with Crippen LogP contribution in [-0.4, -0.2) is 36.0 Å². The van der Waals surface area contributed by atoms with E-state index in [1.165, 1.54) is 4.90 Å². The maximum absolute atomic E-state index is 12.5. The molecule has 0 heterocycles. The molecule has 0 saturated carbocycles. The highest BCUT2D eigenvalue weighted by Crippen LogP contribution is 2.31. The van der Waals surface area contributed by atoms with Crippen molar-refractivity contribution in [2.24, 2.45) is 5.41 Å². The highest BCUT2D eigenvalue weighted by atomic mass is 32.1. The molecule has 0 aliphatic heterocycles. The van der Waals surface area contributed by atoms with Gasteiger partial charge in [-0.05, 0) is 37.9 Å². The minimum Gasteiger partial charge on any atom is -0.292 e. The maximum atomic E-state index is 12.5. The molecule has 5 heteroatoms. The summed E-state index contributed by atoms with van der Waals surface area (Å²) in [5.41, 5.74) is -0.112. The Bertz CT molecular complexity index is 204. The number of nitrogens with zero attached hydrogens (tertiary/aromatic N) is 1. The van der Waals surface area contributed by atoms with Crippen molar-refractivity contribution in [2.45, 2.75) is 52.8 Å². The van der Waals surface area contributed by atoms with Crippen LogP contribution in [0.2, 0.25) is 0 Å². The first kappa shape index (κ1) is 17.1. The van der Waals surface area contributed by atoms with E-state index in [1.807, 2.05) is 13.8 Å². The number of hydrogen-bond acceptors (Lipinski definition) is 2. The fourth-order valence-electron chi connectivity index (χ4n) is 1.83. The van der Waals surface area contributed by atoms with Gasteiger partial charge >= 0.3 is 6.18 Å². The first-order valence-electron chi connectivity index (χ1n) is 6.11. The van der Waals surface area contributed by atoms with Gasteiger partial charge in [-0.1, -0.05) is 13.8 Å². The van der Waals surface area contributed by atoms with Gasteiger partial charge in [0.05, 0.1) is 6.54 Å². The summed E-state index contributed by atoms with van der Waals surface area (Å²) in [5, 5.41) is 0. The Labute approximate surface area is 108 Å². The molecule has 0 rings (SSSR count). The van der Waals surface area contributed by atoms with Gasteiger partial charge in [0, 0.05) is 12.6 Å². The van der Waals surface area contributed by atoms with Crippen LogP contribution in [0.3, 0.4) is 0 Å². The summed E-state index contributed by atoms with van der Waals surface area (Å²) >= 11 is 4.31. The van der Waals surface area contributed by atoms with Crippen molar-refractivity contribution < 1.29 is 13.2 Å². The second-order valence-electron chi connectivity index (χ2n) is 4.98. The van der Waals surface area contributed by atoms with Crippen LogP contribution in [0.25, 0.3) is 0 Å². The Balaban J connectivity index is 4.74. The van der Waals surface area contributed by atoms with Gasteiger partial charge in [0.25, 0.3) is 0 Å². The molecular weight excluding hydrogens is 247 g/mol. The average Bonchev–Trinajstić information content (AvgIpc) is 2.23. The van der Waals surface area contributed by atoms with Crippen LogP contribution in [0.4, 0.5) is 13.2 Å². The molecule has 0 saturated heterocycles. The molecule has 0 fully saturated rings. The minimum atomic E-state index is -4.13. The van der Waals surface area contributed by atoms with E-state index in [9.17, 15) is 13.2 Å². The Morgan fingerprint density at radius 3 is 1.76 bits per heavy atom. The zero-order valence-corrected chi connectivity index (χ0v) is 12.0. The fourth-order valence-corrected chi connectivity index (χ4v) is 2.38. The van der Waals surface area contributed by atoms with Gasteiger partial charge in [-0.15, -0.1) is 0 Å². The zero-order valence-electron chi connectivity index (χ0n) is 11.1. The molecule has 104 valence electrons. The summed E-state index contributed by atoms with van der Waals surface area (Å²) in [4.78, 5) is 1.50. The Kier molecular flexibility index (Phi) is 6.92. The highest BCUT2D eigenvalue weighted by molar-refractivity contribution is 7.80. The maximum Gasteiger partial charge on any atom is 0.401 e. The summed E-state index contributed by atoms with van der Waals surface area (Å²) in [5.74, 6) is 0.626. The van der Waals surface area contributed by atoms with Crippen LogP contribution < -0.4 is 0 Å². The van der Waals surface area contributed by atoms with Crippen molar-refractivity contribution in [1.29, 1.82) is 0 Å². The van der Waals surface area contributed by atoms with Crippen molar-refractivity contribution >= 4 is 12.6 Å². The lowest BCUT2D eigenvalue weighted by Gasteiger charge is -2.38. The molecule has 1 nitrogen and oxygen atoms in total. The van der Waals surface area contributed by atoms with Gasteiger partial charge in [0.2, 0.25) is 0 Å². The van der Waals surface area contributed by atoms with E-state index in [2.05, 4.69) is 12.6 Å². The van der Waals surface area contributed by atoms with Crippen LogP contribution in [0.15, 0.2) is 0 Å². The summed E-state index contributed by atoms with van der Waals surface area (Å²) in [6.07, 6.45) is -2.42. The molecule has 0 aromatic rings. The van der Waals surface area contributed by atoms with Gasteiger partial charge in [0.1, 0.15) is 0 Å². The molecule has 0 N–H and O–H groups in total. The second-order valence-corrected chi connectivity index (χ2v) is 5.30. The SMILES string of the molecule is CCC(CC)(CS)CN(CC(F)(F)F)C(C)C. The molecule has 0 atom stereocenters. The smallest absolute Gasteiger partial charge is 0.292 e. The zero-order chi connectivity index (χ0) is 13.7. The van der Waals surface area contributed by atoms with E-state index in [0.717, 1.165) is 12.8 Å². The number of halogens is 3. The van der Waals surface area contributed by atoms with Crippen molar-refractivity contribution in [3.8, 4) is 0 Å². The van der Waals surface area contributed by atoms with Gasteiger partial charge in [-0.3, -0.25) is 4.90 Å². The highest BCUT2D eigenvalue weighted by Gasteiger charge is 2.35. The van der Waals surface area contributed by atoms with E-state index in [0.29, 0.717) is 12.3 Å². The standard InChI is InChI=1S/C12H24F3NS/c1-5-11(6-2,9-17)7-16(10(3)4)8-12(13,14)15/h10,17H,5-9H2,1-4H3. The predicted octanol–water partition coefficient (Wildman–Crippen LogP) is 4.00. The van der Waals surface area contributed by atoms with Gasteiger partial charge < -0.3 is 0 Å². The number of hydrogen-bond donors (Lipinski definition) is 1. The summed E-state index contributed by atoms with van der Waals surface area (Å²) < 4.78 is 37.5. The summed E-state index contributed by atoms with van der Waals surface area (Å²) in [7, 11) is 0. The van der Waals surface area contributed by atoms with Gasteiger partial charge in [-0.25, -0.2) is 0 Å². The average molecular weight is 271 g/mol. The number of alkyl halides is 3. The van der Waals surface area contributed by atoms with Crippen molar-refractivity contribution in [2.75, 3.05) is 18.8 Å². The molecule has 0 radical (unpaired) electrons. The summed E-state index contributed by atoms with van der Waals surface area (Å²) in [6, 6.07) is -0.103. The molecular formula is C12H24F3NS. The molecule has 0 aromatic heterocycles. The molecule has 0 bridgehead atoms. The summed E-state index contributed by atoms with van der Waals surface area (Å²) in [6.45, 7) is 7.28. The van der Waals surface area contributed by atoms with E-state index in [-0.39, 0.29) is 11.5 Å². The third-order valence-electron chi connectivity index (χ3n) is 3.49. The largest absolute Gasteiger partial charge is 0.401 e. The monoisotopic (exact) mass is 271 g/mol. The molecule has 0 unspecified atom stereocenters. The topological polar surface area (TPSA) is 3.24 Å². The molecule has 0 aromatic carbocycles. The third kappa shape index (κ3) is 6.00. The second kappa shape index (κ2) is 6.88. The molecule has 0 aliphatic carbocycles. The van der Waals surface area contributed by atoms with E-state index >= 15 is 0 Å². The molecule has 17 heavy (non-hydrogen) atoms. The van der Waals surface area contributed by atoms with E-state index in [1.54, 1.807) is 13.8 Å². The van der Waals surface area contributed by atoms with Crippen molar-refractivity contribution in [3.63, 3.8) is 0 Å². The van der Waals surface area contributed by atoms with E-state index < -0.39 is 12.7 Å². The number of thiol groups is 1. The normalized spacial score (nSPS) is 13.8. The van der Waals surface area contributed by atoms with Gasteiger partial charge in [0.15, 0.2) is 0 Å². The minimum absolute atomic E-state index is 0.103. The molecule has 0 aliphatic rings. The van der Waals surface area contributed by atoms with Crippen LogP contribution >= 0.6 is 12.6 Å². The van der Waals surface area contributed by atoms with Crippen LogP contribution in [0.1, 0.15) is 40.5 Å². The third-order valence-corrected chi connectivity index (χ3v) is 4.16. The van der Waals surface area contributed by atoms with Crippen LogP contribution in [0.5, 0.6) is 0 Å². The van der Waals surface area contributed by atoms with Crippen LogP contribution in [-0.2, 0) is 0 Å². The quantitative estimate of drug-likeness (QED) is 0.685. The first-order chi connectivity index (χ1) is 7.69. The lowest BCUT2D eigenvalue weighted by atomic mass is 9.83. The van der Waals surface area contributed by atoms with Crippen molar-refractivity contribution in [3.05, 3.63) is 0 Å². The molecule has 0 amide bonds.